The predicted octanol–water partition coefficient (Wildman–Crippen LogP) is 2.19. The molecule has 0 aromatic carbocycles. The number of hydrogen-bond donors (Lipinski definition) is 1. The van der Waals surface area contributed by atoms with E-state index in [4.69, 9.17) is 0 Å². The Balaban J connectivity index is 5.19. The molecule has 3 radical (unpaired) electrons. The summed E-state index contributed by atoms with van der Waals surface area (Å²) in [5.74, 6) is 0. The highest BCUT2D eigenvalue weighted by Gasteiger charge is 2.51. The van der Waals surface area contributed by atoms with E-state index in [0.717, 1.165) is 0 Å². The first-order valence-electron chi connectivity index (χ1n) is 4.43. The molecule has 0 aliphatic heterocycles. The fourth-order valence-corrected chi connectivity index (χ4v) is 46.3. The fraction of sp³-hybridized carbons (Fsp3) is 0.857. The summed E-state index contributed by atoms with van der Waals surface area (Å²) in [4.78, 5) is 11.5. The van der Waals surface area contributed by atoms with Crippen molar-refractivity contribution in [3.8, 4) is 0 Å². The molecule has 0 aliphatic rings. The van der Waals surface area contributed by atoms with Gasteiger partial charge in [-0.15, -0.1) is 0 Å². The van der Waals surface area contributed by atoms with E-state index >= 15 is 0 Å². The normalized spacial score (nSPS) is 13.0. The van der Waals surface area contributed by atoms with E-state index in [-0.39, 0.29) is 5.59 Å². The van der Waals surface area contributed by atoms with E-state index in [1.54, 1.807) is 0 Å². The van der Waals surface area contributed by atoms with Crippen LogP contribution in [-0.4, -0.2) is 42.3 Å². The standard InChI is InChI=1S/C7H19O2Si4/c1-10(2)13(7(8)9,11(3)4)12(5)6/h1-6H3,(H,8,9). The van der Waals surface area contributed by atoms with Crippen molar-refractivity contribution in [2.75, 3.05) is 0 Å². The van der Waals surface area contributed by atoms with Crippen LogP contribution in [0.2, 0.25) is 39.3 Å². The first-order valence-corrected chi connectivity index (χ1v) is 16.9. The van der Waals surface area contributed by atoms with Crippen LogP contribution in [0, 0.1) is 0 Å². The van der Waals surface area contributed by atoms with E-state index < -0.39 is 31.6 Å². The van der Waals surface area contributed by atoms with Gasteiger partial charge >= 0.3 is 0 Å². The largest absolute Gasteiger partial charge is 0.486 e. The third-order valence-corrected chi connectivity index (χ3v) is 50.1. The van der Waals surface area contributed by atoms with E-state index in [2.05, 4.69) is 39.3 Å². The van der Waals surface area contributed by atoms with Crippen molar-refractivity contribution in [1.29, 1.82) is 0 Å². The van der Waals surface area contributed by atoms with Crippen molar-refractivity contribution in [1.82, 2.24) is 0 Å². The third-order valence-electron chi connectivity index (χ3n) is 2.57. The van der Waals surface area contributed by atoms with Crippen LogP contribution >= 0.6 is 0 Å². The molecule has 0 aromatic rings. The second kappa shape index (κ2) is 4.72. The summed E-state index contributed by atoms with van der Waals surface area (Å²) < 4.78 is 0. The first-order chi connectivity index (χ1) is 5.77. The van der Waals surface area contributed by atoms with Gasteiger partial charge in [-0.1, -0.05) is 39.3 Å². The van der Waals surface area contributed by atoms with Crippen molar-refractivity contribution in [3.63, 3.8) is 0 Å². The summed E-state index contributed by atoms with van der Waals surface area (Å²) in [6.07, 6.45) is 0. The molecule has 2 nitrogen and oxygen atoms in total. The van der Waals surface area contributed by atoms with Gasteiger partial charge in [-0.05, 0) is 0 Å². The van der Waals surface area contributed by atoms with Gasteiger partial charge in [0.2, 0.25) is 0 Å². The topological polar surface area (TPSA) is 37.3 Å². The van der Waals surface area contributed by atoms with Crippen LogP contribution in [0.3, 0.4) is 0 Å². The minimum atomic E-state index is -1.88. The molecule has 0 spiro atoms. The van der Waals surface area contributed by atoms with Gasteiger partial charge in [0, 0.05) is 24.9 Å². The van der Waals surface area contributed by atoms with Gasteiger partial charge in [0.15, 0.2) is 6.63 Å². The molecular formula is C7H19O2Si4. The zero-order valence-corrected chi connectivity index (χ0v) is 13.4. The first kappa shape index (κ1) is 13.3. The Labute approximate surface area is 86.6 Å². The lowest BCUT2D eigenvalue weighted by molar-refractivity contribution is 0.219. The van der Waals surface area contributed by atoms with Gasteiger partial charge in [-0.2, -0.15) is 0 Å². The van der Waals surface area contributed by atoms with Crippen LogP contribution < -0.4 is 0 Å². The summed E-state index contributed by atoms with van der Waals surface area (Å²) in [6.45, 7) is 11.4. The lowest BCUT2D eigenvalue weighted by atomic mass is 11.6. The van der Waals surface area contributed by atoms with E-state index in [0.29, 0.717) is 0 Å². The Morgan fingerprint density at radius 3 is 1.15 bits per heavy atom. The quantitative estimate of drug-likeness (QED) is 0.773. The van der Waals surface area contributed by atoms with Gasteiger partial charge in [-0.3, -0.25) is 4.79 Å². The van der Waals surface area contributed by atoms with Crippen molar-refractivity contribution in [2.45, 2.75) is 39.3 Å². The zero-order valence-electron chi connectivity index (χ0n) is 9.36. The molecular weight excluding hydrogens is 228 g/mol. The zero-order chi connectivity index (χ0) is 10.8. The Hall–Kier alpha value is 0.338. The molecule has 0 aromatic heterocycles. The molecule has 6 heteroatoms. The van der Waals surface area contributed by atoms with Gasteiger partial charge in [0.1, 0.15) is 0 Å². The molecule has 0 unspecified atom stereocenters. The molecule has 13 heavy (non-hydrogen) atoms. The summed E-state index contributed by atoms with van der Waals surface area (Å²) in [6, 6.07) is 0. The van der Waals surface area contributed by atoms with Gasteiger partial charge in [-0.25, -0.2) is 0 Å². The van der Waals surface area contributed by atoms with Crippen LogP contribution in [0.25, 0.3) is 0 Å². The average molecular weight is 248 g/mol. The maximum Gasteiger partial charge on any atom is 0.260 e. The molecule has 0 atom stereocenters. The second-order valence-corrected chi connectivity index (χ2v) is 32.2. The van der Waals surface area contributed by atoms with Crippen LogP contribution in [0.5, 0.6) is 0 Å². The highest BCUT2D eigenvalue weighted by Crippen LogP contribution is 2.17. The molecule has 0 saturated carbocycles. The summed E-state index contributed by atoms with van der Waals surface area (Å²) >= 11 is 0. The predicted molar refractivity (Wildman–Crippen MR) is 66.2 cm³/mol. The highest BCUT2D eigenvalue weighted by atomic mass is 29.9. The van der Waals surface area contributed by atoms with Crippen LogP contribution in [0.4, 0.5) is 4.79 Å². The van der Waals surface area contributed by atoms with Crippen LogP contribution in [0.1, 0.15) is 0 Å². The summed E-state index contributed by atoms with van der Waals surface area (Å²) in [5.41, 5.74) is -0.385. The lowest BCUT2D eigenvalue weighted by Crippen LogP contribution is -2.72. The van der Waals surface area contributed by atoms with Crippen molar-refractivity contribution in [2.24, 2.45) is 0 Å². The summed E-state index contributed by atoms with van der Waals surface area (Å²) in [7, 11) is -1.80. The van der Waals surface area contributed by atoms with Gasteiger partial charge < -0.3 is 5.11 Å². The van der Waals surface area contributed by atoms with E-state index in [1.807, 2.05) is 0 Å². The third kappa shape index (κ3) is 2.23. The fourth-order valence-electron chi connectivity index (χ4n) is 2.14. The molecule has 0 bridgehead atoms. The average Bonchev–Trinajstić information content (AvgIpc) is 1.82. The summed E-state index contributed by atoms with van der Waals surface area (Å²) in [5, 5.41) is 9.47. The maximum atomic E-state index is 11.5. The molecule has 0 heterocycles. The molecule has 0 fully saturated rings. The minimum Gasteiger partial charge on any atom is -0.486 e. The van der Waals surface area contributed by atoms with E-state index in [1.165, 1.54) is 0 Å². The number of carboxylic acid groups (broad SMARTS) is 1. The number of hydrogen-bond acceptors (Lipinski definition) is 1. The Kier molecular flexibility index (Phi) is 4.84. The SMILES string of the molecule is C[Si](C)[Si](C(=O)O)([Si](C)C)[Si](C)C. The molecule has 0 rings (SSSR count). The number of rotatable bonds is 4. The smallest absolute Gasteiger partial charge is 0.260 e. The van der Waals surface area contributed by atoms with Crippen molar-refractivity contribution >= 4 is 37.2 Å². The monoisotopic (exact) mass is 247 g/mol. The molecule has 0 saturated heterocycles. The maximum absolute atomic E-state index is 11.5. The Morgan fingerprint density at radius 2 is 1.15 bits per heavy atom. The van der Waals surface area contributed by atoms with Gasteiger partial charge in [0.25, 0.3) is 5.59 Å². The Bertz CT molecular complexity index is 169. The van der Waals surface area contributed by atoms with Crippen molar-refractivity contribution < 1.29 is 9.90 Å². The molecule has 1 N–H and O–H groups in total. The van der Waals surface area contributed by atoms with Crippen LogP contribution in [0.15, 0.2) is 0 Å². The molecule has 0 aliphatic carbocycles. The number of carbonyl (C=O) groups is 1. The lowest BCUT2D eigenvalue weighted by Gasteiger charge is -2.36. The highest BCUT2D eigenvalue weighted by molar-refractivity contribution is 7.87. The van der Waals surface area contributed by atoms with E-state index in [9.17, 15) is 9.90 Å². The second-order valence-electron chi connectivity index (χ2n) is 4.06. The molecule has 0 amide bonds. The van der Waals surface area contributed by atoms with Crippen molar-refractivity contribution in [3.05, 3.63) is 0 Å². The Morgan fingerprint density at radius 1 is 0.923 bits per heavy atom. The minimum absolute atomic E-state index is 0.385. The van der Waals surface area contributed by atoms with Gasteiger partial charge in [0.05, 0.1) is 0 Å². The van der Waals surface area contributed by atoms with Crippen LogP contribution in [-0.2, 0) is 0 Å². The molecule has 75 valence electrons.